The highest BCUT2D eigenvalue weighted by atomic mass is 32.1. The van der Waals surface area contributed by atoms with Crippen LogP contribution in [0.4, 0.5) is 5.00 Å². The quantitative estimate of drug-likeness (QED) is 0.717. The molecule has 154 valence electrons. The molecule has 0 bridgehead atoms. The van der Waals surface area contributed by atoms with E-state index < -0.39 is 24.5 Å². The fourth-order valence-electron chi connectivity index (χ4n) is 3.43. The number of hydrogen-bond donors (Lipinski definition) is 1. The molecule has 0 saturated heterocycles. The van der Waals surface area contributed by atoms with E-state index in [1.165, 1.54) is 11.3 Å². The van der Waals surface area contributed by atoms with Crippen LogP contribution in [0.3, 0.4) is 0 Å². The van der Waals surface area contributed by atoms with Crippen molar-refractivity contribution in [1.29, 1.82) is 0 Å². The lowest BCUT2D eigenvalue weighted by Crippen LogP contribution is -2.22. The number of benzene rings is 1. The fraction of sp³-hybridized carbons (Fsp3) is 0.409. The molecule has 3 rings (SSSR count). The number of amides is 1. The van der Waals surface area contributed by atoms with Gasteiger partial charge in [0.1, 0.15) is 5.00 Å². The Kier molecular flexibility index (Phi) is 6.69. The van der Waals surface area contributed by atoms with E-state index in [0.29, 0.717) is 22.0 Å². The predicted octanol–water partition coefficient (Wildman–Crippen LogP) is 4.15. The summed E-state index contributed by atoms with van der Waals surface area (Å²) in [6.45, 7) is 5.58. The molecule has 0 fully saturated rings. The van der Waals surface area contributed by atoms with E-state index in [0.717, 1.165) is 35.3 Å². The summed E-state index contributed by atoms with van der Waals surface area (Å²) >= 11 is 1.41. The van der Waals surface area contributed by atoms with Crippen LogP contribution in [0.15, 0.2) is 24.3 Å². The number of carbonyl (C=O) groups is 3. The molecule has 7 heteroatoms. The van der Waals surface area contributed by atoms with E-state index in [1.807, 2.05) is 6.07 Å². The topological polar surface area (TPSA) is 81.7 Å². The van der Waals surface area contributed by atoms with Gasteiger partial charge in [0.25, 0.3) is 5.91 Å². The summed E-state index contributed by atoms with van der Waals surface area (Å²) in [6, 6.07) is 7.03. The Balaban J connectivity index is 1.72. The minimum atomic E-state index is -0.553. The number of thiophene rings is 1. The average molecular weight is 416 g/mol. The Labute approximate surface area is 174 Å². The van der Waals surface area contributed by atoms with Gasteiger partial charge in [0, 0.05) is 4.88 Å². The Bertz CT molecular complexity index is 933. The van der Waals surface area contributed by atoms with Gasteiger partial charge in [0.05, 0.1) is 17.7 Å². The first kappa shape index (κ1) is 21.0. The van der Waals surface area contributed by atoms with Crippen LogP contribution in [0.2, 0.25) is 0 Å². The average Bonchev–Trinajstić information content (AvgIpc) is 3.03. The van der Waals surface area contributed by atoms with Crippen LogP contribution < -0.4 is 5.32 Å². The molecule has 1 aliphatic carbocycles. The Morgan fingerprint density at radius 1 is 1.17 bits per heavy atom. The zero-order valence-electron chi connectivity index (χ0n) is 16.9. The zero-order valence-corrected chi connectivity index (χ0v) is 17.7. The maximum atomic E-state index is 12.5. The van der Waals surface area contributed by atoms with Gasteiger partial charge in [-0.05, 0) is 56.2 Å². The largest absolute Gasteiger partial charge is 0.462 e. The highest BCUT2D eigenvalue weighted by molar-refractivity contribution is 7.17. The van der Waals surface area contributed by atoms with Gasteiger partial charge in [-0.2, -0.15) is 0 Å². The number of anilines is 1. The van der Waals surface area contributed by atoms with Crippen molar-refractivity contribution in [2.75, 3.05) is 18.5 Å². The number of hydrogen-bond acceptors (Lipinski definition) is 6. The second kappa shape index (κ2) is 9.22. The van der Waals surface area contributed by atoms with Crippen molar-refractivity contribution >= 4 is 34.2 Å². The van der Waals surface area contributed by atoms with Crippen LogP contribution in [-0.4, -0.2) is 31.1 Å². The normalized spacial score (nSPS) is 15.3. The van der Waals surface area contributed by atoms with Crippen molar-refractivity contribution in [3.8, 4) is 0 Å². The number of ether oxygens (including phenoxy) is 2. The van der Waals surface area contributed by atoms with Crippen molar-refractivity contribution in [3.63, 3.8) is 0 Å². The van der Waals surface area contributed by atoms with Crippen LogP contribution >= 0.6 is 11.3 Å². The third kappa shape index (κ3) is 4.85. The molecule has 1 heterocycles. The molecule has 1 aliphatic rings. The van der Waals surface area contributed by atoms with E-state index in [4.69, 9.17) is 9.47 Å². The molecule has 0 spiro atoms. The second-order valence-electron chi connectivity index (χ2n) is 7.22. The summed E-state index contributed by atoms with van der Waals surface area (Å²) in [5.74, 6) is -0.922. The SMILES string of the molecule is CCOC(=O)c1c(NC(=O)COC(=O)c2ccccc2C)sc2c1CCC(C)C2. The number of carbonyl (C=O) groups excluding carboxylic acids is 3. The van der Waals surface area contributed by atoms with E-state index in [-0.39, 0.29) is 6.61 Å². The van der Waals surface area contributed by atoms with Crippen LogP contribution in [0.5, 0.6) is 0 Å². The molecule has 6 nitrogen and oxygen atoms in total. The Morgan fingerprint density at radius 2 is 1.93 bits per heavy atom. The van der Waals surface area contributed by atoms with Gasteiger partial charge in [0.15, 0.2) is 6.61 Å². The zero-order chi connectivity index (χ0) is 21.0. The minimum Gasteiger partial charge on any atom is -0.462 e. The highest BCUT2D eigenvalue weighted by Gasteiger charge is 2.29. The Morgan fingerprint density at radius 3 is 2.66 bits per heavy atom. The first-order chi connectivity index (χ1) is 13.9. The van der Waals surface area contributed by atoms with E-state index in [1.54, 1.807) is 32.0 Å². The van der Waals surface area contributed by atoms with E-state index >= 15 is 0 Å². The molecule has 1 amide bonds. The molecule has 1 aromatic carbocycles. The maximum absolute atomic E-state index is 12.5. The fourth-order valence-corrected chi connectivity index (χ4v) is 4.85. The summed E-state index contributed by atoms with van der Waals surface area (Å²) in [4.78, 5) is 38.2. The van der Waals surface area contributed by atoms with Crippen LogP contribution in [0, 0.1) is 12.8 Å². The third-order valence-electron chi connectivity index (χ3n) is 4.94. The summed E-state index contributed by atoms with van der Waals surface area (Å²) in [7, 11) is 0. The van der Waals surface area contributed by atoms with Gasteiger partial charge in [-0.1, -0.05) is 25.1 Å². The van der Waals surface area contributed by atoms with Crippen LogP contribution in [0.1, 0.15) is 57.0 Å². The van der Waals surface area contributed by atoms with Crippen molar-refractivity contribution in [3.05, 3.63) is 51.4 Å². The van der Waals surface area contributed by atoms with Gasteiger partial charge in [0.2, 0.25) is 0 Å². The van der Waals surface area contributed by atoms with Crippen molar-refractivity contribution in [1.82, 2.24) is 0 Å². The molecule has 0 radical (unpaired) electrons. The highest BCUT2D eigenvalue weighted by Crippen LogP contribution is 2.40. The summed E-state index contributed by atoms with van der Waals surface area (Å²) in [5, 5.41) is 3.22. The second-order valence-corrected chi connectivity index (χ2v) is 8.32. The number of nitrogens with one attached hydrogen (secondary N) is 1. The third-order valence-corrected chi connectivity index (χ3v) is 6.11. The molecule has 29 heavy (non-hydrogen) atoms. The molecule has 0 saturated carbocycles. The molecular weight excluding hydrogens is 390 g/mol. The van der Waals surface area contributed by atoms with Gasteiger partial charge in [-0.3, -0.25) is 4.79 Å². The molecule has 1 N–H and O–H groups in total. The van der Waals surface area contributed by atoms with E-state index in [2.05, 4.69) is 12.2 Å². The first-order valence-corrected chi connectivity index (χ1v) is 10.6. The van der Waals surface area contributed by atoms with Gasteiger partial charge in [-0.15, -0.1) is 11.3 Å². The molecule has 2 aromatic rings. The molecule has 1 unspecified atom stereocenters. The predicted molar refractivity (Wildman–Crippen MR) is 112 cm³/mol. The van der Waals surface area contributed by atoms with Crippen molar-refractivity contribution in [2.24, 2.45) is 5.92 Å². The van der Waals surface area contributed by atoms with Gasteiger partial charge in [-0.25, -0.2) is 9.59 Å². The standard InChI is InChI=1S/C22H25NO5S/c1-4-27-22(26)19-16-10-9-13(2)11-17(16)29-20(19)23-18(24)12-28-21(25)15-8-6-5-7-14(15)3/h5-8,13H,4,9-12H2,1-3H3,(H,23,24). The lowest BCUT2D eigenvalue weighted by molar-refractivity contribution is -0.119. The number of aryl methyl sites for hydroxylation is 1. The summed E-state index contributed by atoms with van der Waals surface area (Å²) in [5.41, 5.74) is 2.62. The number of fused-ring (bicyclic) bond motifs is 1. The first-order valence-electron chi connectivity index (χ1n) is 9.75. The molecule has 1 aromatic heterocycles. The minimum absolute atomic E-state index is 0.265. The molecule has 1 atom stereocenters. The van der Waals surface area contributed by atoms with Crippen LogP contribution in [-0.2, 0) is 27.1 Å². The monoisotopic (exact) mass is 415 g/mol. The lowest BCUT2D eigenvalue weighted by Gasteiger charge is -2.18. The van der Waals surface area contributed by atoms with Gasteiger partial charge >= 0.3 is 11.9 Å². The van der Waals surface area contributed by atoms with Crippen molar-refractivity contribution in [2.45, 2.75) is 40.0 Å². The smallest absolute Gasteiger partial charge is 0.341 e. The van der Waals surface area contributed by atoms with Crippen LogP contribution in [0.25, 0.3) is 0 Å². The maximum Gasteiger partial charge on any atom is 0.341 e. The molecule has 0 aliphatic heterocycles. The van der Waals surface area contributed by atoms with Crippen molar-refractivity contribution < 1.29 is 23.9 Å². The Hall–Kier alpha value is -2.67. The number of esters is 2. The summed E-state index contributed by atoms with van der Waals surface area (Å²) < 4.78 is 10.3. The van der Waals surface area contributed by atoms with E-state index in [9.17, 15) is 14.4 Å². The van der Waals surface area contributed by atoms with Gasteiger partial charge < -0.3 is 14.8 Å². The molecular formula is C22H25NO5S. The summed E-state index contributed by atoms with van der Waals surface area (Å²) in [6.07, 6.45) is 2.67. The number of rotatable bonds is 6. The lowest BCUT2D eigenvalue weighted by atomic mass is 9.88.